The third-order valence-electron chi connectivity index (χ3n) is 3.19. The highest BCUT2D eigenvalue weighted by atomic mass is 79.9. The van der Waals surface area contributed by atoms with E-state index < -0.39 is 0 Å². The molecule has 6 heteroatoms. The molecule has 0 aliphatic carbocycles. The Morgan fingerprint density at radius 3 is 2.75 bits per heavy atom. The lowest BCUT2D eigenvalue weighted by atomic mass is 10.2. The molecule has 0 radical (unpaired) electrons. The number of nitrogens with zero attached hydrogens (tertiary/aromatic N) is 2. The summed E-state index contributed by atoms with van der Waals surface area (Å²) in [6.45, 7) is 0.616. The molecule has 1 heterocycles. The van der Waals surface area contributed by atoms with E-state index in [-0.39, 0.29) is 0 Å². The highest BCUT2D eigenvalue weighted by molar-refractivity contribution is 9.09. The fraction of sp³-hybridized carbons (Fsp3) is 0.111. The molecule has 4 nitrogen and oxygen atoms in total. The molecule has 3 rings (SSSR count). The molecule has 3 aromatic rings. The minimum absolute atomic E-state index is 0.616. The van der Waals surface area contributed by atoms with Crippen molar-refractivity contribution in [3.8, 4) is 17.0 Å². The number of para-hydroxylation sites is 1. The van der Waals surface area contributed by atoms with E-state index in [9.17, 15) is 0 Å². The third-order valence-corrected chi connectivity index (χ3v) is 4.26. The Balaban J connectivity index is 1.66. The molecular formula is C18H16BrN3OS. The van der Waals surface area contributed by atoms with Gasteiger partial charge in [0.15, 0.2) is 0 Å². The second-order valence-electron chi connectivity index (χ2n) is 4.85. The van der Waals surface area contributed by atoms with Crippen molar-refractivity contribution < 1.29 is 4.74 Å². The lowest BCUT2D eigenvalue weighted by Crippen LogP contribution is -2.01. The molecular weight excluding hydrogens is 386 g/mol. The first-order chi connectivity index (χ1) is 11.9. The van der Waals surface area contributed by atoms with Gasteiger partial charge in [-0.3, -0.25) is 5.43 Å². The van der Waals surface area contributed by atoms with Crippen LogP contribution in [0.1, 0.15) is 5.56 Å². The van der Waals surface area contributed by atoms with Crippen molar-refractivity contribution in [1.29, 1.82) is 0 Å². The monoisotopic (exact) mass is 401 g/mol. The maximum Gasteiger partial charge on any atom is 0.203 e. The summed E-state index contributed by atoms with van der Waals surface area (Å²) >= 11 is 4.88. The highest BCUT2D eigenvalue weighted by Gasteiger charge is 2.03. The molecule has 0 saturated carbocycles. The summed E-state index contributed by atoms with van der Waals surface area (Å²) < 4.78 is 5.67. The van der Waals surface area contributed by atoms with Gasteiger partial charge in [-0.1, -0.05) is 58.4 Å². The second kappa shape index (κ2) is 8.61. The Morgan fingerprint density at radius 2 is 1.92 bits per heavy atom. The summed E-state index contributed by atoms with van der Waals surface area (Å²) in [4.78, 5) is 4.54. The normalized spacial score (nSPS) is 10.9. The zero-order valence-corrected chi connectivity index (χ0v) is 15.3. The van der Waals surface area contributed by atoms with Crippen LogP contribution in [0.3, 0.4) is 0 Å². The first kappa shape index (κ1) is 16.7. The van der Waals surface area contributed by atoms with Crippen molar-refractivity contribution in [2.75, 3.05) is 17.4 Å². The van der Waals surface area contributed by atoms with Crippen LogP contribution in [0.15, 0.2) is 65.1 Å². The van der Waals surface area contributed by atoms with Crippen molar-refractivity contribution in [3.05, 3.63) is 65.5 Å². The number of thiazole rings is 1. The number of benzene rings is 2. The Hall–Kier alpha value is -2.18. The van der Waals surface area contributed by atoms with E-state index in [0.717, 1.165) is 33.0 Å². The molecule has 0 bridgehead atoms. The topological polar surface area (TPSA) is 46.5 Å². The van der Waals surface area contributed by atoms with Gasteiger partial charge in [-0.2, -0.15) is 5.10 Å². The van der Waals surface area contributed by atoms with Crippen LogP contribution in [0.2, 0.25) is 0 Å². The van der Waals surface area contributed by atoms with E-state index in [1.54, 1.807) is 6.21 Å². The molecule has 0 spiro atoms. The van der Waals surface area contributed by atoms with E-state index in [0.29, 0.717) is 6.61 Å². The molecule has 0 aliphatic rings. The molecule has 0 unspecified atom stereocenters. The zero-order chi connectivity index (χ0) is 16.6. The van der Waals surface area contributed by atoms with Gasteiger partial charge in [-0.25, -0.2) is 4.98 Å². The molecule has 1 N–H and O–H groups in total. The molecule has 0 saturated heterocycles. The van der Waals surface area contributed by atoms with Crippen LogP contribution >= 0.6 is 27.3 Å². The first-order valence-electron chi connectivity index (χ1n) is 7.44. The van der Waals surface area contributed by atoms with E-state index in [1.165, 1.54) is 11.3 Å². The SMILES string of the molecule is BrCCOc1ccccc1C=NNc1nc(-c2ccccc2)cs1. The Kier molecular flexibility index (Phi) is 5.98. The molecule has 1 aromatic heterocycles. The van der Waals surface area contributed by atoms with Crippen LogP contribution in [-0.2, 0) is 0 Å². The smallest absolute Gasteiger partial charge is 0.203 e. The summed E-state index contributed by atoms with van der Waals surface area (Å²) in [6, 6.07) is 17.9. The number of ether oxygens (including phenoxy) is 1. The number of aromatic nitrogens is 1. The fourth-order valence-electron chi connectivity index (χ4n) is 2.09. The maximum absolute atomic E-state index is 5.67. The number of anilines is 1. The Labute approximate surface area is 153 Å². The number of hydrogen-bond donors (Lipinski definition) is 1. The number of alkyl halides is 1. The number of hydrazone groups is 1. The summed E-state index contributed by atoms with van der Waals surface area (Å²) in [6.07, 6.45) is 1.74. The van der Waals surface area contributed by atoms with E-state index in [2.05, 4.69) is 31.4 Å². The van der Waals surface area contributed by atoms with Crippen LogP contribution in [0, 0.1) is 0 Å². The highest BCUT2D eigenvalue weighted by Crippen LogP contribution is 2.24. The van der Waals surface area contributed by atoms with E-state index in [1.807, 2.05) is 60.0 Å². The summed E-state index contributed by atoms with van der Waals surface area (Å²) in [5.74, 6) is 0.812. The van der Waals surface area contributed by atoms with Crippen molar-refractivity contribution in [1.82, 2.24) is 4.98 Å². The molecule has 0 atom stereocenters. The molecule has 24 heavy (non-hydrogen) atoms. The number of rotatable bonds is 7. The minimum Gasteiger partial charge on any atom is -0.492 e. The molecule has 0 amide bonds. The first-order valence-corrected chi connectivity index (χ1v) is 9.45. The van der Waals surface area contributed by atoms with E-state index >= 15 is 0 Å². The summed E-state index contributed by atoms with van der Waals surface area (Å²) in [5.41, 5.74) is 5.94. The van der Waals surface area contributed by atoms with Gasteiger partial charge in [0.25, 0.3) is 0 Å². The van der Waals surface area contributed by atoms with Gasteiger partial charge in [0, 0.05) is 21.8 Å². The van der Waals surface area contributed by atoms with E-state index in [4.69, 9.17) is 4.74 Å². The quantitative estimate of drug-likeness (QED) is 0.343. The maximum atomic E-state index is 5.67. The van der Waals surface area contributed by atoms with Gasteiger partial charge in [0.2, 0.25) is 5.13 Å². The van der Waals surface area contributed by atoms with Crippen molar-refractivity contribution in [3.63, 3.8) is 0 Å². The molecule has 122 valence electrons. The van der Waals surface area contributed by atoms with Crippen LogP contribution in [-0.4, -0.2) is 23.1 Å². The standard InChI is InChI=1S/C18H16BrN3OS/c19-10-11-23-17-9-5-4-8-15(17)12-20-22-18-21-16(13-24-18)14-6-2-1-3-7-14/h1-9,12-13H,10-11H2,(H,21,22). The molecule has 0 aliphatic heterocycles. The van der Waals surface area contributed by atoms with Crippen molar-refractivity contribution >= 4 is 38.6 Å². The van der Waals surface area contributed by atoms with Crippen molar-refractivity contribution in [2.45, 2.75) is 0 Å². The van der Waals surface area contributed by atoms with Gasteiger partial charge in [0.05, 0.1) is 18.5 Å². The Bertz CT molecular complexity index is 805. The fourth-order valence-corrected chi connectivity index (χ4v) is 2.92. The van der Waals surface area contributed by atoms with Gasteiger partial charge >= 0.3 is 0 Å². The largest absolute Gasteiger partial charge is 0.492 e. The minimum atomic E-state index is 0.616. The van der Waals surface area contributed by atoms with Gasteiger partial charge in [0.1, 0.15) is 5.75 Å². The predicted molar refractivity (Wildman–Crippen MR) is 104 cm³/mol. The second-order valence-corrected chi connectivity index (χ2v) is 6.50. The average molecular weight is 402 g/mol. The molecule has 0 fully saturated rings. The average Bonchev–Trinajstić information content (AvgIpc) is 3.10. The predicted octanol–water partition coefficient (Wildman–Crippen LogP) is 5.03. The number of hydrogen-bond acceptors (Lipinski definition) is 5. The van der Waals surface area contributed by atoms with Gasteiger partial charge in [-0.05, 0) is 12.1 Å². The zero-order valence-electron chi connectivity index (χ0n) is 12.9. The van der Waals surface area contributed by atoms with Crippen LogP contribution in [0.25, 0.3) is 11.3 Å². The van der Waals surface area contributed by atoms with Crippen LogP contribution in [0.5, 0.6) is 5.75 Å². The lowest BCUT2D eigenvalue weighted by molar-refractivity contribution is 0.344. The van der Waals surface area contributed by atoms with Crippen LogP contribution in [0.4, 0.5) is 5.13 Å². The third kappa shape index (κ3) is 4.43. The van der Waals surface area contributed by atoms with Crippen LogP contribution < -0.4 is 10.2 Å². The van der Waals surface area contributed by atoms with Gasteiger partial charge < -0.3 is 4.74 Å². The number of halogens is 1. The summed E-state index contributed by atoms with van der Waals surface area (Å²) in [7, 11) is 0. The number of nitrogens with one attached hydrogen (secondary N) is 1. The van der Waals surface area contributed by atoms with Gasteiger partial charge in [-0.15, -0.1) is 11.3 Å². The van der Waals surface area contributed by atoms with Crippen molar-refractivity contribution in [2.24, 2.45) is 5.10 Å². The summed E-state index contributed by atoms with van der Waals surface area (Å²) in [5, 5.41) is 7.83. The Morgan fingerprint density at radius 1 is 1.12 bits per heavy atom. The lowest BCUT2D eigenvalue weighted by Gasteiger charge is -2.06. The molecule has 2 aromatic carbocycles.